The van der Waals surface area contributed by atoms with Crippen molar-refractivity contribution in [2.75, 3.05) is 13.1 Å². The van der Waals surface area contributed by atoms with Crippen LogP contribution in [0.15, 0.2) is 24.5 Å². The summed E-state index contributed by atoms with van der Waals surface area (Å²) in [6.45, 7) is 3.49. The number of urea groups is 1. The Morgan fingerprint density at radius 1 is 1.30 bits per heavy atom. The molecule has 0 unspecified atom stereocenters. The molecule has 3 amide bonds. The van der Waals surface area contributed by atoms with E-state index in [-0.39, 0.29) is 18.0 Å². The zero-order chi connectivity index (χ0) is 14.4. The van der Waals surface area contributed by atoms with Crippen molar-refractivity contribution in [3.8, 4) is 0 Å². The Labute approximate surface area is 118 Å². The molecule has 0 aliphatic carbocycles. The predicted molar refractivity (Wildman–Crippen MR) is 74.9 cm³/mol. The van der Waals surface area contributed by atoms with Crippen LogP contribution >= 0.6 is 0 Å². The quantitative estimate of drug-likeness (QED) is 0.861. The summed E-state index contributed by atoms with van der Waals surface area (Å²) >= 11 is 0. The number of carbonyl (C=O) groups is 2. The number of piperidine rings is 1. The van der Waals surface area contributed by atoms with E-state index in [1.54, 1.807) is 19.3 Å². The topological polar surface area (TPSA) is 74.3 Å². The van der Waals surface area contributed by atoms with Crippen LogP contribution in [0, 0.1) is 0 Å². The number of carbonyl (C=O) groups excluding carboxylic acids is 2. The maximum atomic E-state index is 11.8. The average Bonchev–Trinajstić information content (AvgIpc) is 2.47. The van der Waals surface area contributed by atoms with Gasteiger partial charge < -0.3 is 15.5 Å². The number of aromatic nitrogens is 1. The minimum Gasteiger partial charge on any atom is -0.343 e. The van der Waals surface area contributed by atoms with E-state index in [4.69, 9.17) is 0 Å². The Morgan fingerprint density at radius 2 is 1.95 bits per heavy atom. The smallest absolute Gasteiger partial charge is 0.315 e. The fourth-order valence-electron chi connectivity index (χ4n) is 2.26. The van der Waals surface area contributed by atoms with Crippen LogP contribution in [0.4, 0.5) is 4.79 Å². The van der Waals surface area contributed by atoms with Gasteiger partial charge >= 0.3 is 6.03 Å². The van der Waals surface area contributed by atoms with Crippen LogP contribution in [-0.4, -0.2) is 41.0 Å². The Bertz CT molecular complexity index is 456. The van der Waals surface area contributed by atoms with Crippen molar-refractivity contribution in [3.05, 3.63) is 30.1 Å². The average molecular weight is 276 g/mol. The molecule has 1 aliphatic rings. The number of rotatable bonds is 3. The Balaban J connectivity index is 1.69. The van der Waals surface area contributed by atoms with Crippen molar-refractivity contribution in [1.29, 1.82) is 0 Å². The number of likely N-dealkylation sites (tertiary alicyclic amines) is 1. The second-order valence-corrected chi connectivity index (χ2v) is 4.96. The largest absolute Gasteiger partial charge is 0.343 e. The van der Waals surface area contributed by atoms with E-state index in [1.807, 2.05) is 17.0 Å². The van der Waals surface area contributed by atoms with E-state index in [1.165, 1.54) is 0 Å². The van der Waals surface area contributed by atoms with Crippen molar-refractivity contribution < 1.29 is 9.59 Å². The van der Waals surface area contributed by atoms with E-state index in [2.05, 4.69) is 15.6 Å². The van der Waals surface area contributed by atoms with Gasteiger partial charge in [-0.1, -0.05) is 0 Å². The van der Waals surface area contributed by atoms with Crippen LogP contribution in [0.2, 0.25) is 0 Å². The minimum absolute atomic E-state index is 0.102. The summed E-state index contributed by atoms with van der Waals surface area (Å²) in [4.78, 5) is 28.7. The van der Waals surface area contributed by atoms with Crippen molar-refractivity contribution in [2.45, 2.75) is 32.4 Å². The number of hydrogen-bond donors (Lipinski definition) is 2. The zero-order valence-electron chi connectivity index (χ0n) is 11.6. The molecule has 6 nitrogen and oxygen atoms in total. The molecule has 1 aliphatic heterocycles. The van der Waals surface area contributed by atoms with Crippen LogP contribution in [0.5, 0.6) is 0 Å². The summed E-state index contributed by atoms with van der Waals surface area (Å²) in [5.74, 6) is 0.102. The standard InChI is InChI=1S/C14H20N4O2/c1-11(19)18-8-4-13(5-9-18)17-14(20)16-10-12-2-6-15-7-3-12/h2-3,6-7,13H,4-5,8-10H2,1H3,(H2,16,17,20). The summed E-state index contributed by atoms with van der Waals surface area (Å²) in [6.07, 6.45) is 5.02. The Kier molecular flexibility index (Phi) is 4.92. The van der Waals surface area contributed by atoms with E-state index in [0.29, 0.717) is 19.6 Å². The van der Waals surface area contributed by atoms with Crippen molar-refractivity contribution in [1.82, 2.24) is 20.5 Å². The molecule has 1 saturated heterocycles. The molecule has 0 bridgehead atoms. The third-order valence-corrected chi connectivity index (χ3v) is 3.48. The highest BCUT2D eigenvalue weighted by Crippen LogP contribution is 2.10. The SMILES string of the molecule is CC(=O)N1CCC(NC(=O)NCc2ccncc2)CC1. The second-order valence-electron chi connectivity index (χ2n) is 4.96. The molecule has 0 spiro atoms. The predicted octanol–water partition coefficient (Wildman–Crippen LogP) is 0.892. The summed E-state index contributed by atoms with van der Waals surface area (Å²) in [5, 5.41) is 5.77. The minimum atomic E-state index is -0.164. The Hall–Kier alpha value is -2.11. The van der Waals surface area contributed by atoms with Crippen LogP contribution in [0.25, 0.3) is 0 Å². The maximum absolute atomic E-state index is 11.8. The van der Waals surface area contributed by atoms with Gasteiger partial charge in [0.25, 0.3) is 0 Å². The third-order valence-electron chi connectivity index (χ3n) is 3.48. The molecule has 2 rings (SSSR count). The number of pyridine rings is 1. The van der Waals surface area contributed by atoms with Crippen LogP contribution in [0.3, 0.4) is 0 Å². The molecule has 20 heavy (non-hydrogen) atoms. The highest BCUT2D eigenvalue weighted by molar-refractivity contribution is 5.75. The summed E-state index contributed by atoms with van der Waals surface area (Å²) in [5.41, 5.74) is 1.02. The summed E-state index contributed by atoms with van der Waals surface area (Å²) in [6, 6.07) is 3.71. The maximum Gasteiger partial charge on any atom is 0.315 e. The van der Waals surface area contributed by atoms with Gasteiger partial charge in [-0.05, 0) is 30.5 Å². The van der Waals surface area contributed by atoms with Crippen molar-refractivity contribution in [3.63, 3.8) is 0 Å². The van der Waals surface area contributed by atoms with Crippen molar-refractivity contribution in [2.24, 2.45) is 0 Å². The first-order valence-electron chi connectivity index (χ1n) is 6.84. The lowest BCUT2D eigenvalue weighted by molar-refractivity contribution is -0.129. The number of nitrogens with zero attached hydrogens (tertiary/aromatic N) is 2. The molecule has 0 aromatic carbocycles. The summed E-state index contributed by atoms with van der Waals surface area (Å²) in [7, 11) is 0. The van der Waals surface area contributed by atoms with E-state index < -0.39 is 0 Å². The van der Waals surface area contributed by atoms with Gasteiger partial charge in [0.1, 0.15) is 0 Å². The molecule has 1 aromatic heterocycles. The first kappa shape index (κ1) is 14.3. The molecule has 1 aromatic rings. The van der Waals surface area contributed by atoms with Gasteiger partial charge in [0, 0.05) is 45.0 Å². The molecule has 2 heterocycles. The van der Waals surface area contributed by atoms with Gasteiger partial charge in [-0.3, -0.25) is 9.78 Å². The van der Waals surface area contributed by atoms with Crippen LogP contribution < -0.4 is 10.6 Å². The number of hydrogen-bond acceptors (Lipinski definition) is 3. The molecule has 2 N–H and O–H groups in total. The molecule has 0 atom stereocenters. The lowest BCUT2D eigenvalue weighted by Crippen LogP contribution is -2.48. The van der Waals surface area contributed by atoms with Gasteiger partial charge in [0.15, 0.2) is 0 Å². The highest BCUT2D eigenvalue weighted by atomic mass is 16.2. The second kappa shape index (κ2) is 6.88. The molecular weight excluding hydrogens is 256 g/mol. The monoisotopic (exact) mass is 276 g/mol. The Morgan fingerprint density at radius 3 is 2.55 bits per heavy atom. The lowest BCUT2D eigenvalue weighted by Gasteiger charge is -2.31. The van der Waals surface area contributed by atoms with Gasteiger partial charge in [-0.15, -0.1) is 0 Å². The highest BCUT2D eigenvalue weighted by Gasteiger charge is 2.21. The van der Waals surface area contributed by atoms with E-state index in [0.717, 1.165) is 18.4 Å². The van der Waals surface area contributed by atoms with E-state index >= 15 is 0 Å². The summed E-state index contributed by atoms with van der Waals surface area (Å²) < 4.78 is 0. The molecule has 0 radical (unpaired) electrons. The fourth-order valence-corrected chi connectivity index (χ4v) is 2.26. The van der Waals surface area contributed by atoms with Crippen LogP contribution in [-0.2, 0) is 11.3 Å². The molecule has 0 saturated carbocycles. The lowest BCUT2D eigenvalue weighted by atomic mass is 10.1. The third kappa shape index (κ3) is 4.22. The van der Waals surface area contributed by atoms with Crippen LogP contribution in [0.1, 0.15) is 25.3 Å². The van der Waals surface area contributed by atoms with Gasteiger partial charge in [0.05, 0.1) is 0 Å². The van der Waals surface area contributed by atoms with E-state index in [9.17, 15) is 9.59 Å². The molecule has 6 heteroatoms. The van der Waals surface area contributed by atoms with Gasteiger partial charge in [0.2, 0.25) is 5.91 Å². The molecule has 108 valence electrons. The first-order chi connectivity index (χ1) is 9.65. The van der Waals surface area contributed by atoms with Gasteiger partial charge in [-0.2, -0.15) is 0 Å². The van der Waals surface area contributed by atoms with Gasteiger partial charge in [-0.25, -0.2) is 4.79 Å². The molecule has 1 fully saturated rings. The fraction of sp³-hybridized carbons (Fsp3) is 0.500. The number of nitrogens with one attached hydrogen (secondary N) is 2. The first-order valence-corrected chi connectivity index (χ1v) is 6.84. The normalized spacial score (nSPS) is 15.8. The zero-order valence-corrected chi connectivity index (χ0v) is 11.6. The van der Waals surface area contributed by atoms with Crippen molar-refractivity contribution >= 4 is 11.9 Å². The molecular formula is C14H20N4O2. The number of amides is 3.